The molecule has 0 saturated carbocycles. The Kier molecular flexibility index (Phi) is 3.74. The maximum atomic E-state index is 11.6. The van der Waals surface area contributed by atoms with Crippen molar-refractivity contribution in [3.63, 3.8) is 0 Å². The third kappa shape index (κ3) is 2.62. The molecule has 0 spiro atoms. The van der Waals surface area contributed by atoms with Crippen molar-refractivity contribution in [3.8, 4) is 16.4 Å². The maximum absolute atomic E-state index is 11.6. The van der Waals surface area contributed by atoms with Gasteiger partial charge in [-0.3, -0.25) is 14.7 Å². The van der Waals surface area contributed by atoms with Crippen LogP contribution < -0.4 is 0 Å². The summed E-state index contributed by atoms with van der Waals surface area (Å²) in [4.78, 5) is 26.6. The summed E-state index contributed by atoms with van der Waals surface area (Å²) in [5, 5.41) is 23.3. The molecule has 128 valence electrons. The van der Waals surface area contributed by atoms with Crippen molar-refractivity contribution in [2.45, 2.75) is 0 Å². The van der Waals surface area contributed by atoms with Crippen LogP contribution in [0.5, 0.6) is 0 Å². The quantitative estimate of drug-likeness (QED) is 0.428. The lowest BCUT2D eigenvalue weighted by Gasteiger charge is -2.00. The molecule has 2 aromatic heterocycles. The fourth-order valence-corrected chi connectivity index (χ4v) is 3.60. The zero-order chi connectivity index (χ0) is 18.3. The molecule has 0 saturated heterocycles. The molecule has 8 heteroatoms. The molecule has 0 radical (unpaired) electrons. The SMILES string of the molecule is O=C(O)c1cn(-c2nc(-c3ccccc3)cs2)c2ccc([N+](=O)[O-])cc12. The van der Waals surface area contributed by atoms with Gasteiger partial charge in [0, 0.05) is 34.7 Å². The number of nitro groups is 1. The molecular formula is C18H11N3O4S. The minimum absolute atomic E-state index is 0.000149. The van der Waals surface area contributed by atoms with Gasteiger partial charge in [-0.15, -0.1) is 11.3 Å². The van der Waals surface area contributed by atoms with Crippen LogP contribution in [0.3, 0.4) is 0 Å². The number of carbonyl (C=O) groups is 1. The number of fused-ring (bicyclic) bond motifs is 1. The van der Waals surface area contributed by atoms with Gasteiger partial charge in [-0.05, 0) is 6.07 Å². The first-order valence-electron chi connectivity index (χ1n) is 7.59. The van der Waals surface area contributed by atoms with Crippen LogP contribution in [0.1, 0.15) is 10.4 Å². The Balaban J connectivity index is 1.88. The van der Waals surface area contributed by atoms with Crippen molar-refractivity contribution in [3.05, 3.63) is 75.8 Å². The highest BCUT2D eigenvalue weighted by molar-refractivity contribution is 7.12. The van der Waals surface area contributed by atoms with Crippen molar-refractivity contribution < 1.29 is 14.8 Å². The van der Waals surface area contributed by atoms with Crippen molar-refractivity contribution in [2.24, 2.45) is 0 Å². The Morgan fingerprint density at radius 3 is 2.65 bits per heavy atom. The smallest absolute Gasteiger partial charge is 0.337 e. The number of nitrogens with zero attached hydrogens (tertiary/aromatic N) is 3. The Morgan fingerprint density at radius 1 is 1.19 bits per heavy atom. The molecule has 0 aliphatic heterocycles. The number of nitro benzene ring substituents is 1. The van der Waals surface area contributed by atoms with Gasteiger partial charge >= 0.3 is 5.97 Å². The Hall–Kier alpha value is -3.52. The van der Waals surface area contributed by atoms with Gasteiger partial charge in [-0.2, -0.15) is 0 Å². The molecule has 4 rings (SSSR count). The lowest BCUT2D eigenvalue weighted by atomic mass is 10.1. The number of aromatic carboxylic acids is 1. The largest absolute Gasteiger partial charge is 0.478 e. The number of benzene rings is 2. The van der Waals surface area contributed by atoms with Crippen LogP contribution in [0.2, 0.25) is 0 Å². The van der Waals surface area contributed by atoms with Crippen LogP contribution in [-0.4, -0.2) is 25.6 Å². The van der Waals surface area contributed by atoms with Crippen LogP contribution >= 0.6 is 11.3 Å². The van der Waals surface area contributed by atoms with Crippen LogP contribution in [0.25, 0.3) is 27.3 Å². The summed E-state index contributed by atoms with van der Waals surface area (Å²) in [6.07, 6.45) is 1.45. The van der Waals surface area contributed by atoms with Crippen molar-refractivity contribution in [1.29, 1.82) is 0 Å². The lowest BCUT2D eigenvalue weighted by molar-refractivity contribution is -0.384. The summed E-state index contributed by atoms with van der Waals surface area (Å²) in [6.45, 7) is 0. The average molecular weight is 365 g/mol. The minimum atomic E-state index is -1.14. The Bertz CT molecular complexity index is 1150. The second-order valence-corrected chi connectivity index (χ2v) is 6.39. The first kappa shape index (κ1) is 16.0. The Morgan fingerprint density at radius 2 is 1.96 bits per heavy atom. The molecule has 2 heterocycles. The van der Waals surface area contributed by atoms with E-state index in [1.807, 2.05) is 35.7 Å². The van der Waals surface area contributed by atoms with E-state index in [1.54, 1.807) is 10.6 Å². The fraction of sp³-hybridized carbons (Fsp3) is 0. The number of aromatic nitrogens is 2. The number of carboxylic acid groups (broad SMARTS) is 1. The predicted octanol–water partition coefficient (Wildman–Crippen LogP) is 4.36. The van der Waals surface area contributed by atoms with E-state index in [0.717, 1.165) is 11.3 Å². The number of rotatable bonds is 4. The van der Waals surface area contributed by atoms with Gasteiger partial charge in [-0.1, -0.05) is 30.3 Å². The summed E-state index contributed by atoms with van der Waals surface area (Å²) in [7, 11) is 0. The molecule has 0 atom stereocenters. The number of non-ortho nitro benzene ring substituents is 1. The molecule has 0 unspecified atom stereocenters. The zero-order valence-corrected chi connectivity index (χ0v) is 14.0. The van der Waals surface area contributed by atoms with Gasteiger partial charge in [0.1, 0.15) is 0 Å². The molecule has 0 fully saturated rings. The number of carboxylic acids is 1. The first-order chi connectivity index (χ1) is 12.5. The summed E-state index contributed by atoms with van der Waals surface area (Å²) >= 11 is 1.37. The van der Waals surface area contributed by atoms with E-state index >= 15 is 0 Å². The molecule has 0 aliphatic rings. The maximum Gasteiger partial charge on any atom is 0.337 e. The van der Waals surface area contributed by atoms with E-state index in [-0.39, 0.29) is 11.3 Å². The summed E-state index contributed by atoms with van der Waals surface area (Å²) in [5.74, 6) is -1.14. The zero-order valence-electron chi connectivity index (χ0n) is 13.2. The minimum Gasteiger partial charge on any atom is -0.478 e. The highest BCUT2D eigenvalue weighted by Gasteiger charge is 2.19. The fourth-order valence-electron chi connectivity index (χ4n) is 2.78. The summed E-state index contributed by atoms with van der Waals surface area (Å²) < 4.78 is 1.65. The number of hydrogen-bond acceptors (Lipinski definition) is 5. The van der Waals surface area contributed by atoms with Crippen LogP contribution in [-0.2, 0) is 0 Å². The van der Waals surface area contributed by atoms with E-state index in [1.165, 1.54) is 29.7 Å². The highest BCUT2D eigenvalue weighted by atomic mass is 32.1. The van der Waals surface area contributed by atoms with Crippen LogP contribution in [0.4, 0.5) is 5.69 Å². The van der Waals surface area contributed by atoms with Gasteiger partial charge in [0.2, 0.25) is 0 Å². The molecule has 0 aliphatic carbocycles. The van der Waals surface area contributed by atoms with E-state index in [2.05, 4.69) is 4.98 Å². The monoisotopic (exact) mass is 365 g/mol. The van der Waals surface area contributed by atoms with Crippen LogP contribution in [0, 0.1) is 10.1 Å². The van der Waals surface area contributed by atoms with Crippen molar-refractivity contribution in [2.75, 3.05) is 0 Å². The number of thiazole rings is 1. The standard InChI is InChI=1S/C18H11N3O4S/c22-17(23)14-9-20(16-7-6-12(21(24)25)8-13(14)16)18-19-15(10-26-18)11-4-2-1-3-5-11/h1-10H,(H,22,23). The molecule has 1 N–H and O–H groups in total. The summed E-state index contributed by atoms with van der Waals surface area (Å²) in [6, 6.07) is 13.8. The average Bonchev–Trinajstić information content (AvgIpc) is 3.26. The first-order valence-corrected chi connectivity index (χ1v) is 8.46. The molecule has 2 aromatic carbocycles. The molecule has 7 nitrogen and oxygen atoms in total. The summed E-state index contributed by atoms with van der Waals surface area (Å²) in [5.41, 5.74) is 2.15. The van der Waals surface area contributed by atoms with Crippen molar-refractivity contribution in [1.82, 2.24) is 9.55 Å². The normalized spacial score (nSPS) is 10.9. The van der Waals surface area contributed by atoms with Gasteiger partial charge < -0.3 is 5.11 Å². The third-order valence-electron chi connectivity index (χ3n) is 4.00. The second-order valence-electron chi connectivity index (χ2n) is 5.56. The molecular weight excluding hydrogens is 354 g/mol. The van der Waals surface area contributed by atoms with Crippen molar-refractivity contribution >= 4 is 33.9 Å². The van der Waals surface area contributed by atoms with Gasteiger partial charge in [0.05, 0.1) is 21.7 Å². The van der Waals surface area contributed by atoms with E-state index in [9.17, 15) is 20.0 Å². The van der Waals surface area contributed by atoms with Gasteiger partial charge in [0.25, 0.3) is 5.69 Å². The van der Waals surface area contributed by atoms with Crippen LogP contribution in [0.15, 0.2) is 60.1 Å². The van der Waals surface area contributed by atoms with E-state index in [0.29, 0.717) is 16.0 Å². The number of hydrogen-bond donors (Lipinski definition) is 1. The topological polar surface area (TPSA) is 98.3 Å². The second kappa shape index (κ2) is 6.08. The molecule has 26 heavy (non-hydrogen) atoms. The van der Waals surface area contributed by atoms with Gasteiger partial charge in [0.15, 0.2) is 5.13 Å². The molecule has 0 bridgehead atoms. The predicted molar refractivity (Wildman–Crippen MR) is 98.0 cm³/mol. The molecule has 4 aromatic rings. The lowest BCUT2D eigenvalue weighted by Crippen LogP contribution is -1.95. The molecule has 0 amide bonds. The Labute approximate surface area is 150 Å². The van der Waals surface area contributed by atoms with Gasteiger partial charge in [-0.25, -0.2) is 9.78 Å². The highest BCUT2D eigenvalue weighted by Crippen LogP contribution is 2.31. The van der Waals surface area contributed by atoms with E-state index < -0.39 is 10.9 Å². The third-order valence-corrected chi connectivity index (χ3v) is 4.84. The van der Waals surface area contributed by atoms with E-state index in [4.69, 9.17) is 0 Å².